The molecule has 0 saturated carbocycles. The molecule has 1 aliphatic rings. The third kappa shape index (κ3) is 3.77. The Bertz CT molecular complexity index is 1130. The summed E-state index contributed by atoms with van der Waals surface area (Å²) >= 11 is 0. The van der Waals surface area contributed by atoms with Crippen molar-refractivity contribution in [3.8, 4) is 11.5 Å². The van der Waals surface area contributed by atoms with Crippen molar-refractivity contribution < 1.29 is 27.8 Å². The lowest BCUT2D eigenvalue weighted by molar-refractivity contribution is 0.101. The molecule has 2 aromatic carbocycles. The van der Waals surface area contributed by atoms with Crippen molar-refractivity contribution in [2.75, 3.05) is 17.4 Å². The largest absolute Gasteiger partial charge is 0.454 e. The van der Waals surface area contributed by atoms with E-state index in [-0.39, 0.29) is 18.3 Å². The van der Waals surface area contributed by atoms with Gasteiger partial charge in [0.05, 0.1) is 17.6 Å². The molecule has 30 heavy (non-hydrogen) atoms. The van der Waals surface area contributed by atoms with Gasteiger partial charge in [0.25, 0.3) is 5.91 Å². The van der Waals surface area contributed by atoms with Crippen molar-refractivity contribution in [2.45, 2.75) is 6.92 Å². The van der Waals surface area contributed by atoms with E-state index in [9.17, 15) is 18.4 Å². The quantitative estimate of drug-likeness (QED) is 0.609. The lowest BCUT2D eigenvalue weighted by Crippen LogP contribution is -2.16. The number of nitrogens with zero attached hydrogens (tertiary/aromatic N) is 1. The van der Waals surface area contributed by atoms with Crippen LogP contribution in [0.5, 0.6) is 11.5 Å². The highest BCUT2D eigenvalue weighted by Crippen LogP contribution is 2.38. The number of rotatable bonds is 5. The number of fused-ring (bicyclic) bond motifs is 1. The number of nitrogens with one attached hydrogen (secondary N) is 2. The summed E-state index contributed by atoms with van der Waals surface area (Å²) in [5.41, 5.74) is 0.440. The summed E-state index contributed by atoms with van der Waals surface area (Å²) in [5, 5.41) is 5.41. The average molecular weight is 411 g/mol. The molecular weight excluding hydrogens is 396 g/mol. The predicted octanol–water partition coefficient (Wildman–Crippen LogP) is 4.29. The van der Waals surface area contributed by atoms with Gasteiger partial charge in [0.2, 0.25) is 6.79 Å². The molecule has 0 fully saturated rings. The average Bonchev–Trinajstić information content (AvgIpc) is 3.16. The first kappa shape index (κ1) is 19.3. The van der Waals surface area contributed by atoms with Crippen LogP contribution in [0.2, 0.25) is 0 Å². The Morgan fingerprint density at radius 2 is 1.73 bits per heavy atom. The molecule has 1 amide bonds. The van der Waals surface area contributed by atoms with Crippen LogP contribution < -0.4 is 20.1 Å². The molecule has 0 unspecified atom stereocenters. The van der Waals surface area contributed by atoms with Crippen LogP contribution >= 0.6 is 0 Å². The minimum Gasteiger partial charge on any atom is -0.454 e. The van der Waals surface area contributed by atoms with E-state index in [4.69, 9.17) is 9.47 Å². The molecule has 4 rings (SSSR count). The molecule has 9 heteroatoms. The Morgan fingerprint density at radius 3 is 2.37 bits per heavy atom. The van der Waals surface area contributed by atoms with E-state index in [0.29, 0.717) is 28.6 Å². The zero-order chi connectivity index (χ0) is 21.3. The molecule has 1 aromatic heterocycles. The highest BCUT2D eigenvalue weighted by Gasteiger charge is 2.20. The van der Waals surface area contributed by atoms with Gasteiger partial charge in [-0.15, -0.1) is 0 Å². The van der Waals surface area contributed by atoms with Gasteiger partial charge >= 0.3 is 0 Å². The Hall–Kier alpha value is -4.01. The minimum atomic E-state index is -0.960. The topological polar surface area (TPSA) is 89.6 Å². The maximum absolute atomic E-state index is 13.7. The summed E-state index contributed by atoms with van der Waals surface area (Å²) in [6, 6.07) is 9.45. The van der Waals surface area contributed by atoms with Crippen LogP contribution in [0.4, 0.5) is 26.0 Å². The SMILES string of the molecule is CC(=O)c1cc2c(cc1Nc1ccc(NC(=O)c3c(F)cccc3F)cn1)OCO2. The van der Waals surface area contributed by atoms with Crippen LogP contribution in [0, 0.1) is 11.6 Å². The number of hydrogen-bond acceptors (Lipinski definition) is 6. The fourth-order valence-electron chi connectivity index (χ4n) is 2.92. The Labute approximate surface area is 169 Å². The van der Waals surface area contributed by atoms with Crippen LogP contribution in [0.3, 0.4) is 0 Å². The van der Waals surface area contributed by atoms with Gasteiger partial charge in [0.15, 0.2) is 17.3 Å². The van der Waals surface area contributed by atoms with E-state index in [1.54, 1.807) is 18.2 Å². The molecule has 0 radical (unpaired) electrons. The van der Waals surface area contributed by atoms with Crippen molar-refractivity contribution in [1.82, 2.24) is 4.98 Å². The Morgan fingerprint density at radius 1 is 1.03 bits per heavy atom. The molecule has 0 saturated heterocycles. The number of ketones is 1. The van der Waals surface area contributed by atoms with Gasteiger partial charge in [-0.2, -0.15) is 0 Å². The fraction of sp³-hybridized carbons (Fsp3) is 0.0952. The summed E-state index contributed by atoms with van der Waals surface area (Å²) in [6.07, 6.45) is 1.32. The molecule has 2 heterocycles. The van der Waals surface area contributed by atoms with Crippen molar-refractivity contribution in [3.63, 3.8) is 0 Å². The fourth-order valence-corrected chi connectivity index (χ4v) is 2.92. The van der Waals surface area contributed by atoms with Gasteiger partial charge in [-0.1, -0.05) is 6.07 Å². The summed E-state index contributed by atoms with van der Waals surface area (Å²) < 4.78 is 38.1. The van der Waals surface area contributed by atoms with Crippen LogP contribution in [-0.2, 0) is 0 Å². The highest BCUT2D eigenvalue weighted by atomic mass is 19.1. The van der Waals surface area contributed by atoms with Crippen LogP contribution in [0.25, 0.3) is 0 Å². The summed E-state index contributed by atoms with van der Waals surface area (Å²) in [4.78, 5) is 28.3. The molecule has 0 atom stereocenters. The summed E-state index contributed by atoms with van der Waals surface area (Å²) in [6.45, 7) is 1.50. The monoisotopic (exact) mass is 411 g/mol. The number of benzene rings is 2. The molecule has 152 valence electrons. The van der Waals surface area contributed by atoms with E-state index in [1.807, 2.05) is 0 Å². The maximum Gasteiger partial charge on any atom is 0.261 e. The zero-order valence-corrected chi connectivity index (χ0v) is 15.7. The van der Waals surface area contributed by atoms with Gasteiger partial charge in [-0.3, -0.25) is 9.59 Å². The summed E-state index contributed by atoms with van der Waals surface area (Å²) in [7, 11) is 0. The van der Waals surface area contributed by atoms with Gasteiger partial charge in [0.1, 0.15) is 23.0 Å². The van der Waals surface area contributed by atoms with Gasteiger partial charge in [-0.05, 0) is 37.3 Å². The maximum atomic E-state index is 13.7. The normalized spacial score (nSPS) is 11.8. The van der Waals surface area contributed by atoms with Crippen LogP contribution in [0.1, 0.15) is 27.6 Å². The van der Waals surface area contributed by atoms with Gasteiger partial charge in [-0.25, -0.2) is 13.8 Å². The molecule has 0 bridgehead atoms. The third-order valence-electron chi connectivity index (χ3n) is 4.37. The summed E-state index contributed by atoms with van der Waals surface area (Å²) in [5.74, 6) is -1.66. The number of carbonyl (C=O) groups excluding carboxylic acids is 2. The second-order valence-electron chi connectivity index (χ2n) is 6.42. The van der Waals surface area contributed by atoms with Crippen molar-refractivity contribution >= 4 is 28.9 Å². The lowest BCUT2D eigenvalue weighted by Gasteiger charge is -2.12. The van der Waals surface area contributed by atoms with E-state index >= 15 is 0 Å². The second-order valence-corrected chi connectivity index (χ2v) is 6.42. The highest BCUT2D eigenvalue weighted by molar-refractivity contribution is 6.04. The van der Waals surface area contributed by atoms with Crippen molar-refractivity contribution in [1.29, 1.82) is 0 Å². The number of carbonyl (C=O) groups is 2. The smallest absolute Gasteiger partial charge is 0.261 e. The lowest BCUT2D eigenvalue weighted by atomic mass is 10.1. The number of hydrogen-bond donors (Lipinski definition) is 2. The third-order valence-corrected chi connectivity index (χ3v) is 4.37. The number of amides is 1. The van der Waals surface area contributed by atoms with Crippen molar-refractivity contribution in [3.05, 3.63) is 71.4 Å². The first-order valence-electron chi connectivity index (χ1n) is 8.85. The Kier molecular flexibility index (Phi) is 5.01. The van der Waals surface area contributed by atoms with Crippen molar-refractivity contribution in [2.24, 2.45) is 0 Å². The Balaban J connectivity index is 1.52. The molecule has 2 N–H and O–H groups in total. The first-order chi connectivity index (χ1) is 14.4. The number of pyridine rings is 1. The molecule has 0 spiro atoms. The van der Waals surface area contributed by atoms with E-state index in [0.717, 1.165) is 12.1 Å². The van der Waals surface area contributed by atoms with Crippen LogP contribution in [0.15, 0.2) is 48.7 Å². The van der Waals surface area contributed by atoms with Gasteiger partial charge in [0, 0.05) is 11.6 Å². The molecule has 3 aromatic rings. The molecule has 7 nitrogen and oxygen atoms in total. The first-order valence-corrected chi connectivity index (χ1v) is 8.85. The number of anilines is 3. The van der Waals surface area contributed by atoms with E-state index in [1.165, 1.54) is 25.3 Å². The minimum absolute atomic E-state index is 0.0748. The number of halogens is 2. The molecular formula is C21H15F2N3O4. The van der Waals surface area contributed by atoms with E-state index < -0.39 is 23.1 Å². The number of aromatic nitrogens is 1. The molecule has 0 aliphatic carbocycles. The molecule has 1 aliphatic heterocycles. The zero-order valence-electron chi connectivity index (χ0n) is 15.7. The van der Waals surface area contributed by atoms with Crippen LogP contribution in [-0.4, -0.2) is 23.5 Å². The number of ether oxygens (including phenoxy) is 2. The second kappa shape index (κ2) is 7.78. The standard InChI is InChI=1S/C21H15F2N3O4/c1-11(27)13-7-17-18(30-10-29-17)8-16(13)26-19-6-5-12(9-24-19)25-21(28)20-14(22)3-2-4-15(20)23/h2-9H,10H2,1H3,(H,24,26)(H,25,28). The van der Waals surface area contributed by atoms with E-state index in [2.05, 4.69) is 15.6 Å². The number of Topliss-reactive ketones (excluding diaryl/α,β-unsaturated/α-hetero) is 1. The van der Waals surface area contributed by atoms with Gasteiger partial charge < -0.3 is 20.1 Å². The predicted molar refractivity (Wildman–Crippen MR) is 104 cm³/mol.